The Balaban J connectivity index is 1.67. The summed E-state index contributed by atoms with van der Waals surface area (Å²) in [5.41, 5.74) is 1.66. The van der Waals surface area contributed by atoms with E-state index < -0.39 is 23.1 Å². The number of anilines is 1. The molecule has 0 radical (unpaired) electrons. The average molecular weight is 369 g/mol. The van der Waals surface area contributed by atoms with Gasteiger partial charge in [-0.25, -0.2) is 13.8 Å². The summed E-state index contributed by atoms with van der Waals surface area (Å²) in [5.74, 6) is -2.52. The summed E-state index contributed by atoms with van der Waals surface area (Å²) in [7, 11) is 0. The van der Waals surface area contributed by atoms with E-state index >= 15 is 0 Å². The number of aromatic amines is 2. The SMILES string of the molecule is O=CC1=CCCc2[nH]c(-c3[nH]ncc3NC(=O)c3c(F)cccc3F)nc21. The van der Waals surface area contributed by atoms with Gasteiger partial charge in [-0.15, -0.1) is 0 Å². The molecule has 0 fully saturated rings. The number of aldehydes is 1. The van der Waals surface area contributed by atoms with Crippen LogP contribution in [0.2, 0.25) is 0 Å². The maximum atomic E-state index is 13.8. The molecule has 136 valence electrons. The van der Waals surface area contributed by atoms with Crippen molar-refractivity contribution in [2.45, 2.75) is 12.8 Å². The van der Waals surface area contributed by atoms with Gasteiger partial charge in [-0.3, -0.25) is 14.7 Å². The van der Waals surface area contributed by atoms with Crippen LogP contribution in [0.1, 0.15) is 28.2 Å². The quantitative estimate of drug-likeness (QED) is 0.615. The number of carbonyl (C=O) groups is 2. The predicted octanol–water partition coefficient (Wildman–Crippen LogP) is 2.86. The number of imidazole rings is 1. The fourth-order valence-electron chi connectivity index (χ4n) is 2.98. The minimum absolute atomic E-state index is 0.199. The Bertz CT molecular complexity index is 1060. The van der Waals surface area contributed by atoms with E-state index in [9.17, 15) is 18.4 Å². The summed E-state index contributed by atoms with van der Waals surface area (Å²) in [5, 5.41) is 9.00. The van der Waals surface area contributed by atoms with Crippen molar-refractivity contribution in [2.75, 3.05) is 5.32 Å². The monoisotopic (exact) mass is 369 g/mol. The van der Waals surface area contributed by atoms with Crippen LogP contribution in [0.3, 0.4) is 0 Å². The standard InChI is InChI=1S/C18H13F2N5O2/c19-10-4-2-5-11(20)14(10)18(27)23-13-7-21-25-16(13)17-22-12-6-1-3-9(8-26)15(12)24-17/h2-5,7-8H,1,6H2,(H,21,25)(H,22,24)(H,23,27). The summed E-state index contributed by atoms with van der Waals surface area (Å²) < 4.78 is 27.6. The van der Waals surface area contributed by atoms with Gasteiger partial charge in [0.1, 0.15) is 22.9 Å². The molecule has 0 saturated heterocycles. The van der Waals surface area contributed by atoms with Crippen molar-refractivity contribution in [1.82, 2.24) is 20.2 Å². The zero-order valence-electron chi connectivity index (χ0n) is 13.8. The summed E-state index contributed by atoms with van der Waals surface area (Å²) in [4.78, 5) is 31.0. The van der Waals surface area contributed by atoms with Crippen molar-refractivity contribution in [3.8, 4) is 11.5 Å². The molecule has 7 nitrogen and oxygen atoms in total. The van der Waals surface area contributed by atoms with Crippen molar-refractivity contribution < 1.29 is 18.4 Å². The molecule has 1 aliphatic carbocycles. The number of rotatable bonds is 4. The molecule has 2 aromatic heterocycles. The third-order valence-electron chi connectivity index (χ3n) is 4.25. The second kappa shape index (κ2) is 6.60. The van der Waals surface area contributed by atoms with E-state index in [0.717, 1.165) is 24.1 Å². The molecule has 27 heavy (non-hydrogen) atoms. The fourth-order valence-corrected chi connectivity index (χ4v) is 2.98. The molecule has 0 bridgehead atoms. The van der Waals surface area contributed by atoms with Crippen molar-refractivity contribution in [2.24, 2.45) is 0 Å². The zero-order chi connectivity index (χ0) is 19.0. The van der Waals surface area contributed by atoms with E-state index in [0.29, 0.717) is 35.6 Å². The highest BCUT2D eigenvalue weighted by atomic mass is 19.1. The maximum Gasteiger partial charge on any atom is 0.261 e. The van der Waals surface area contributed by atoms with Crippen molar-refractivity contribution in [3.05, 3.63) is 59.1 Å². The van der Waals surface area contributed by atoms with Gasteiger partial charge in [-0.2, -0.15) is 5.10 Å². The predicted molar refractivity (Wildman–Crippen MR) is 92.8 cm³/mol. The second-order valence-corrected chi connectivity index (χ2v) is 5.94. The van der Waals surface area contributed by atoms with Gasteiger partial charge in [-0.05, 0) is 25.0 Å². The van der Waals surface area contributed by atoms with Crippen molar-refractivity contribution in [1.29, 1.82) is 0 Å². The first-order valence-electron chi connectivity index (χ1n) is 8.12. The van der Waals surface area contributed by atoms with Crippen LogP contribution >= 0.6 is 0 Å². The topological polar surface area (TPSA) is 104 Å². The Kier molecular flexibility index (Phi) is 4.11. The van der Waals surface area contributed by atoms with Crippen LogP contribution in [0.4, 0.5) is 14.5 Å². The van der Waals surface area contributed by atoms with E-state index in [1.165, 1.54) is 12.3 Å². The third-order valence-corrected chi connectivity index (χ3v) is 4.25. The number of hydrogen-bond donors (Lipinski definition) is 3. The van der Waals surface area contributed by atoms with E-state index in [1.807, 2.05) is 0 Å². The summed E-state index contributed by atoms with van der Waals surface area (Å²) >= 11 is 0. The first-order valence-corrected chi connectivity index (χ1v) is 8.12. The second-order valence-electron chi connectivity index (χ2n) is 5.94. The number of fused-ring (bicyclic) bond motifs is 1. The molecule has 0 saturated carbocycles. The van der Waals surface area contributed by atoms with Crippen molar-refractivity contribution >= 4 is 23.5 Å². The van der Waals surface area contributed by atoms with Gasteiger partial charge in [0.2, 0.25) is 0 Å². The van der Waals surface area contributed by atoms with Crippen LogP contribution < -0.4 is 5.32 Å². The van der Waals surface area contributed by atoms with Gasteiger partial charge < -0.3 is 10.3 Å². The highest BCUT2D eigenvalue weighted by Gasteiger charge is 2.23. The lowest BCUT2D eigenvalue weighted by Gasteiger charge is -2.06. The van der Waals surface area contributed by atoms with Crippen LogP contribution in [0.5, 0.6) is 0 Å². The van der Waals surface area contributed by atoms with Gasteiger partial charge in [0.05, 0.1) is 17.6 Å². The van der Waals surface area contributed by atoms with Crippen LogP contribution in [0.25, 0.3) is 17.1 Å². The average Bonchev–Trinajstić information content (AvgIpc) is 3.27. The number of benzene rings is 1. The number of amides is 1. The first kappa shape index (κ1) is 16.8. The largest absolute Gasteiger partial charge is 0.340 e. The third kappa shape index (κ3) is 2.92. The molecule has 3 N–H and O–H groups in total. The molecular weight excluding hydrogens is 356 g/mol. The molecule has 1 amide bonds. The Morgan fingerprint density at radius 1 is 1.26 bits per heavy atom. The minimum atomic E-state index is -0.966. The molecule has 2 heterocycles. The minimum Gasteiger partial charge on any atom is -0.340 e. The van der Waals surface area contributed by atoms with Crippen LogP contribution in [0, 0.1) is 11.6 Å². The molecule has 1 aromatic carbocycles. The highest BCUT2D eigenvalue weighted by molar-refractivity contribution is 6.08. The molecule has 0 atom stereocenters. The lowest BCUT2D eigenvalue weighted by Crippen LogP contribution is -2.16. The van der Waals surface area contributed by atoms with Gasteiger partial charge in [-0.1, -0.05) is 12.1 Å². The summed E-state index contributed by atoms with van der Waals surface area (Å²) in [6, 6.07) is 3.18. The van der Waals surface area contributed by atoms with E-state index in [-0.39, 0.29) is 5.69 Å². The number of carbonyl (C=O) groups excluding carboxylic acids is 2. The van der Waals surface area contributed by atoms with Crippen molar-refractivity contribution in [3.63, 3.8) is 0 Å². The van der Waals surface area contributed by atoms with Crippen LogP contribution in [0.15, 0.2) is 30.5 Å². The Labute approximate surface area is 151 Å². The van der Waals surface area contributed by atoms with E-state index in [2.05, 4.69) is 25.5 Å². The lowest BCUT2D eigenvalue weighted by atomic mass is 10.0. The number of nitrogens with zero attached hydrogens (tertiary/aromatic N) is 2. The maximum absolute atomic E-state index is 13.8. The Morgan fingerprint density at radius 3 is 2.78 bits per heavy atom. The smallest absolute Gasteiger partial charge is 0.261 e. The number of nitrogens with one attached hydrogen (secondary N) is 3. The Hall–Kier alpha value is -3.62. The molecule has 1 aliphatic rings. The normalized spacial score (nSPS) is 13.0. The molecule has 4 rings (SSSR count). The molecule has 0 aliphatic heterocycles. The fraction of sp³-hybridized carbons (Fsp3) is 0.111. The van der Waals surface area contributed by atoms with Gasteiger partial charge >= 0.3 is 0 Å². The number of hydrogen-bond acceptors (Lipinski definition) is 4. The number of aryl methyl sites for hydroxylation is 1. The van der Waals surface area contributed by atoms with Crippen LogP contribution in [-0.2, 0) is 11.2 Å². The molecule has 0 spiro atoms. The highest BCUT2D eigenvalue weighted by Crippen LogP contribution is 2.29. The van der Waals surface area contributed by atoms with E-state index in [1.54, 1.807) is 6.08 Å². The first-order chi connectivity index (χ1) is 13.1. The number of halogens is 2. The lowest BCUT2D eigenvalue weighted by molar-refractivity contribution is -0.103. The molecule has 0 unspecified atom stereocenters. The van der Waals surface area contributed by atoms with Crippen LogP contribution in [-0.4, -0.2) is 32.4 Å². The van der Waals surface area contributed by atoms with Gasteiger partial charge in [0.15, 0.2) is 12.1 Å². The summed E-state index contributed by atoms with van der Waals surface area (Å²) in [6.07, 6.45) is 5.25. The number of aromatic nitrogens is 4. The van der Waals surface area contributed by atoms with E-state index in [4.69, 9.17) is 0 Å². The van der Waals surface area contributed by atoms with Gasteiger partial charge in [0.25, 0.3) is 5.91 Å². The number of H-pyrrole nitrogens is 2. The zero-order valence-corrected chi connectivity index (χ0v) is 13.8. The molecular formula is C18H13F2N5O2. The molecule has 3 aromatic rings. The summed E-state index contributed by atoms with van der Waals surface area (Å²) in [6.45, 7) is 0. The Morgan fingerprint density at radius 2 is 2.04 bits per heavy atom. The number of allylic oxidation sites excluding steroid dienone is 2. The molecule has 9 heteroatoms. The van der Waals surface area contributed by atoms with Gasteiger partial charge in [0, 0.05) is 11.3 Å².